The zero-order valence-electron chi connectivity index (χ0n) is 18.0. The van der Waals surface area contributed by atoms with Crippen molar-refractivity contribution in [3.8, 4) is 5.75 Å². The van der Waals surface area contributed by atoms with Crippen LogP contribution in [0, 0.1) is 5.92 Å². The highest BCUT2D eigenvalue weighted by molar-refractivity contribution is 6.09. The second-order valence-electron chi connectivity index (χ2n) is 8.45. The van der Waals surface area contributed by atoms with Crippen LogP contribution < -0.4 is 15.4 Å². The van der Waals surface area contributed by atoms with Gasteiger partial charge in [0.15, 0.2) is 0 Å². The van der Waals surface area contributed by atoms with Crippen molar-refractivity contribution in [2.45, 2.75) is 38.3 Å². The van der Waals surface area contributed by atoms with E-state index in [1.807, 2.05) is 62.4 Å². The first-order valence-corrected chi connectivity index (χ1v) is 10.5. The molecule has 2 aromatic rings. The van der Waals surface area contributed by atoms with Crippen molar-refractivity contribution in [3.05, 3.63) is 65.2 Å². The molecule has 2 aromatic carbocycles. The highest BCUT2D eigenvalue weighted by atomic mass is 16.5. The molecule has 1 saturated heterocycles. The van der Waals surface area contributed by atoms with Crippen molar-refractivity contribution in [3.63, 3.8) is 0 Å². The number of hydrogen-bond donors (Lipinski definition) is 2. The van der Waals surface area contributed by atoms with Gasteiger partial charge in [-0.15, -0.1) is 0 Å². The van der Waals surface area contributed by atoms with Gasteiger partial charge in [0.2, 0.25) is 5.91 Å². The third-order valence-corrected chi connectivity index (χ3v) is 6.18. The second-order valence-corrected chi connectivity index (χ2v) is 8.45. The molecule has 2 N–H and O–H groups in total. The first-order chi connectivity index (χ1) is 14.9. The summed E-state index contributed by atoms with van der Waals surface area (Å²) in [5.74, 6) is 0.122. The Morgan fingerprint density at radius 3 is 2.55 bits per heavy atom. The Hall–Kier alpha value is -3.35. The van der Waals surface area contributed by atoms with Crippen LogP contribution in [-0.2, 0) is 21.5 Å². The molecule has 1 aliphatic carbocycles. The number of nitrogens with one attached hydrogen (secondary N) is 2. The van der Waals surface area contributed by atoms with Crippen LogP contribution in [-0.4, -0.2) is 36.4 Å². The quantitative estimate of drug-likeness (QED) is 0.702. The van der Waals surface area contributed by atoms with Crippen molar-refractivity contribution < 1.29 is 19.1 Å². The maximum absolute atomic E-state index is 13.2. The van der Waals surface area contributed by atoms with E-state index in [-0.39, 0.29) is 30.3 Å². The van der Waals surface area contributed by atoms with Gasteiger partial charge in [0.05, 0.1) is 13.2 Å². The molecule has 4 rings (SSSR count). The van der Waals surface area contributed by atoms with Gasteiger partial charge < -0.3 is 15.4 Å². The number of nitrogens with zero attached hydrogens (tertiary/aromatic N) is 1. The maximum Gasteiger partial charge on any atom is 0.325 e. The third kappa shape index (κ3) is 3.65. The normalized spacial score (nSPS) is 20.7. The molecule has 1 fully saturated rings. The van der Waals surface area contributed by atoms with Crippen LogP contribution in [0.2, 0.25) is 0 Å². The van der Waals surface area contributed by atoms with Gasteiger partial charge in [0, 0.05) is 0 Å². The largest absolute Gasteiger partial charge is 0.497 e. The average molecular weight is 421 g/mol. The molecule has 0 bridgehead atoms. The zero-order valence-corrected chi connectivity index (χ0v) is 18.0. The predicted molar refractivity (Wildman–Crippen MR) is 115 cm³/mol. The number of rotatable bonds is 6. The van der Waals surface area contributed by atoms with E-state index in [1.165, 1.54) is 0 Å². The Kier molecular flexibility index (Phi) is 5.43. The van der Waals surface area contributed by atoms with Crippen LogP contribution in [0.25, 0.3) is 0 Å². The Morgan fingerprint density at radius 1 is 1.16 bits per heavy atom. The van der Waals surface area contributed by atoms with Crippen LogP contribution in [0.15, 0.2) is 48.5 Å². The molecule has 162 valence electrons. The Morgan fingerprint density at radius 2 is 1.87 bits per heavy atom. The van der Waals surface area contributed by atoms with E-state index in [0.29, 0.717) is 6.42 Å². The highest BCUT2D eigenvalue weighted by Gasteiger charge is 2.55. The summed E-state index contributed by atoms with van der Waals surface area (Å²) >= 11 is 0. The van der Waals surface area contributed by atoms with E-state index in [1.54, 1.807) is 7.11 Å². The molecule has 31 heavy (non-hydrogen) atoms. The van der Waals surface area contributed by atoms with Gasteiger partial charge in [-0.1, -0.05) is 50.2 Å². The molecule has 7 heteroatoms. The summed E-state index contributed by atoms with van der Waals surface area (Å²) < 4.78 is 5.20. The van der Waals surface area contributed by atoms with E-state index in [0.717, 1.165) is 33.8 Å². The summed E-state index contributed by atoms with van der Waals surface area (Å²) in [6.45, 7) is 3.70. The number of carbonyl (C=O) groups excluding carboxylic acids is 3. The average Bonchev–Trinajstić information content (AvgIpc) is 3.25. The van der Waals surface area contributed by atoms with E-state index >= 15 is 0 Å². The molecule has 1 heterocycles. The molecule has 0 aromatic heterocycles. The van der Waals surface area contributed by atoms with Crippen molar-refractivity contribution in [2.75, 3.05) is 13.7 Å². The maximum atomic E-state index is 13.2. The lowest BCUT2D eigenvalue weighted by Crippen LogP contribution is -2.44. The van der Waals surface area contributed by atoms with Gasteiger partial charge in [0.25, 0.3) is 5.91 Å². The molecule has 1 spiro atoms. The first-order valence-electron chi connectivity index (χ1n) is 10.5. The Balaban J connectivity index is 1.49. The van der Waals surface area contributed by atoms with Crippen molar-refractivity contribution in [1.29, 1.82) is 0 Å². The number of imide groups is 1. The van der Waals surface area contributed by atoms with Gasteiger partial charge in [-0.25, -0.2) is 4.79 Å². The summed E-state index contributed by atoms with van der Waals surface area (Å²) in [5.41, 5.74) is 1.76. The van der Waals surface area contributed by atoms with Crippen LogP contribution in [0.5, 0.6) is 5.75 Å². The van der Waals surface area contributed by atoms with Crippen LogP contribution in [0.3, 0.4) is 0 Å². The summed E-state index contributed by atoms with van der Waals surface area (Å²) in [6.07, 6.45) is 1.23. The van der Waals surface area contributed by atoms with Gasteiger partial charge >= 0.3 is 6.03 Å². The minimum absolute atomic E-state index is 0.119. The lowest BCUT2D eigenvalue weighted by atomic mass is 9.92. The predicted octanol–water partition coefficient (Wildman–Crippen LogP) is 2.90. The summed E-state index contributed by atoms with van der Waals surface area (Å²) in [5, 5.41) is 5.84. The van der Waals surface area contributed by atoms with E-state index in [2.05, 4.69) is 10.6 Å². The SMILES string of the molecule is COc1ccc(C(NC(=O)CN2C(=O)NC3(CCc4ccccc43)C2=O)C(C)C)cc1. The number of hydrogen-bond acceptors (Lipinski definition) is 4. The molecule has 0 saturated carbocycles. The van der Waals surface area contributed by atoms with Gasteiger partial charge in [-0.3, -0.25) is 14.5 Å². The third-order valence-electron chi connectivity index (χ3n) is 6.18. The molecule has 0 radical (unpaired) electrons. The van der Waals surface area contributed by atoms with Gasteiger partial charge in [-0.2, -0.15) is 0 Å². The number of ether oxygens (including phenoxy) is 1. The number of fused-ring (bicyclic) bond motifs is 2. The molecule has 7 nitrogen and oxygen atoms in total. The fraction of sp³-hybridized carbons (Fsp3) is 0.375. The van der Waals surface area contributed by atoms with Crippen molar-refractivity contribution >= 4 is 17.8 Å². The fourth-order valence-corrected chi connectivity index (χ4v) is 4.54. The fourth-order valence-electron chi connectivity index (χ4n) is 4.54. The lowest BCUT2D eigenvalue weighted by molar-refractivity contribution is -0.135. The molecule has 4 amide bonds. The monoisotopic (exact) mass is 421 g/mol. The van der Waals surface area contributed by atoms with Crippen LogP contribution in [0.1, 0.15) is 43.0 Å². The van der Waals surface area contributed by atoms with Crippen molar-refractivity contribution in [1.82, 2.24) is 15.5 Å². The lowest BCUT2D eigenvalue weighted by Gasteiger charge is -2.25. The highest BCUT2D eigenvalue weighted by Crippen LogP contribution is 2.41. The number of benzene rings is 2. The minimum atomic E-state index is -1.05. The van der Waals surface area contributed by atoms with Gasteiger partial charge in [-0.05, 0) is 47.6 Å². The first kappa shape index (κ1) is 20.9. The van der Waals surface area contributed by atoms with E-state index in [9.17, 15) is 14.4 Å². The standard InChI is InChI=1S/C24H27N3O4/c1-15(2)21(17-8-10-18(31-3)11-9-17)25-20(28)14-27-22(29)24(26-23(27)30)13-12-16-6-4-5-7-19(16)24/h4-11,15,21H,12-14H2,1-3H3,(H,25,28)(H,26,30). The van der Waals surface area contributed by atoms with E-state index < -0.39 is 11.6 Å². The van der Waals surface area contributed by atoms with Crippen LogP contribution >= 0.6 is 0 Å². The molecule has 2 atom stereocenters. The van der Waals surface area contributed by atoms with E-state index in [4.69, 9.17) is 4.74 Å². The number of aryl methyl sites for hydroxylation is 1. The number of urea groups is 1. The van der Waals surface area contributed by atoms with Crippen molar-refractivity contribution in [2.24, 2.45) is 5.92 Å². The Bertz CT molecular complexity index is 1020. The number of carbonyl (C=O) groups is 3. The molecular formula is C24H27N3O4. The number of methoxy groups -OCH3 is 1. The van der Waals surface area contributed by atoms with Crippen LogP contribution in [0.4, 0.5) is 4.79 Å². The zero-order chi connectivity index (χ0) is 22.2. The second kappa shape index (κ2) is 8.06. The smallest absolute Gasteiger partial charge is 0.325 e. The summed E-state index contributed by atoms with van der Waals surface area (Å²) in [4.78, 5) is 39.8. The summed E-state index contributed by atoms with van der Waals surface area (Å²) in [7, 11) is 1.60. The molecular weight excluding hydrogens is 394 g/mol. The molecule has 1 aliphatic heterocycles. The molecule has 2 unspecified atom stereocenters. The molecule has 2 aliphatic rings. The topological polar surface area (TPSA) is 87.7 Å². The number of amides is 4. The summed E-state index contributed by atoms with van der Waals surface area (Å²) in [6, 6.07) is 14.4. The Labute approximate surface area is 181 Å². The van der Waals surface area contributed by atoms with Gasteiger partial charge in [0.1, 0.15) is 17.8 Å². The minimum Gasteiger partial charge on any atom is -0.497 e.